The van der Waals surface area contributed by atoms with E-state index in [1.54, 1.807) is 0 Å². The van der Waals surface area contributed by atoms with Gasteiger partial charge >= 0.3 is 0 Å². The summed E-state index contributed by atoms with van der Waals surface area (Å²) in [6.45, 7) is 0.512. The van der Waals surface area contributed by atoms with E-state index in [1.807, 2.05) is 0 Å². The molecule has 0 aromatic carbocycles. The van der Waals surface area contributed by atoms with Gasteiger partial charge in [-0.3, -0.25) is 4.79 Å². The minimum absolute atomic E-state index is 0.241. The number of nitrogens with one attached hydrogen (secondary N) is 1. The molecule has 2 atom stereocenters. The van der Waals surface area contributed by atoms with Crippen molar-refractivity contribution >= 4 is 5.91 Å². The summed E-state index contributed by atoms with van der Waals surface area (Å²) in [5.74, 6) is 0.241. The summed E-state index contributed by atoms with van der Waals surface area (Å²) >= 11 is 0. The number of carbonyl (C=O) groups is 1. The minimum atomic E-state index is -0.252. The Hall–Kier alpha value is -0.610. The van der Waals surface area contributed by atoms with Crippen LogP contribution in [-0.2, 0) is 4.79 Å². The molecule has 0 aromatic heterocycles. The Labute approximate surface area is 122 Å². The first kappa shape index (κ1) is 14.3. The van der Waals surface area contributed by atoms with E-state index in [-0.39, 0.29) is 11.3 Å². The van der Waals surface area contributed by atoms with Crippen molar-refractivity contribution in [3.05, 3.63) is 0 Å². The molecule has 0 aromatic rings. The average Bonchev–Trinajstić information content (AvgIpc) is 2.90. The molecule has 20 heavy (non-hydrogen) atoms. The maximum absolute atomic E-state index is 12.7. The van der Waals surface area contributed by atoms with Crippen molar-refractivity contribution in [3.63, 3.8) is 0 Å². The topological polar surface area (TPSA) is 58.4 Å². The van der Waals surface area contributed by atoms with E-state index in [9.17, 15) is 4.79 Å². The first-order valence-electron chi connectivity index (χ1n) is 8.37. The summed E-state index contributed by atoms with van der Waals surface area (Å²) in [6.07, 6.45) is 10.5. The molecular weight excluding hydrogens is 250 g/mol. The van der Waals surface area contributed by atoms with E-state index in [1.165, 1.54) is 19.3 Å². The number of nitrogens with zero attached hydrogens (tertiary/aromatic N) is 1. The van der Waals surface area contributed by atoms with Crippen molar-refractivity contribution in [2.45, 2.75) is 75.9 Å². The maximum Gasteiger partial charge on any atom is 0.227 e. The number of amides is 1. The number of rotatable bonds is 3. The Morgan fingerprint density at radius 2 is 1.80 bits per heavy atom. The zero-order valence-corrected chi connectivity index (χ0v) is 12.7. The van der Waals surface area contributed by atoms with Crippen LogP contribution in [0.3, 0.4) is 0 Å². The molecule has 1 aliphatic carbocycles. The highest BCUT2D eigenvalue weighted by molar-refractivity contribution is 5.83. The fourth-order valence-electron chi connectivity index (χ4n) is 4.65. The first-order chi connectivity index (χ1) is 9.64. The van der Waals surface area contributed by atoms with Crippen molar-refractivity contribution in [2.75, 3.05) is 13.6 Å². The smallest absolute Gasteiger partial charge is 0.227 e. The molecule has 4 heteroatoms. The largest absolute Gasteiger partial charge is 0.353 e. The van der Waals surface area contributed by atoms with Crippen LogP contribution >= 0.6 is 0 Å². The Morgan fingerprint density at radius 1 is 1.20 bits per heavy atom. The van der Waals surface area contributed by atoms with Crippen molar-refractivity contribution in [1.29, 1.82) is 0 Å². The summed E-state index contributed by atoms with van der Waals surface area (Å²) in [4.78, 5) is 15.2. The molecule has 1 saturated carbocycles. The lowest BCUT2D eigenvalue weighted by Crippen LogP contribution is -2.57. The second-order valence-corrected chi connectivity index (χ2v) is 7.24. The zero-order chi connectivity index (χ0) is 14.2. The predicted octanol–water partition coefficient (Wildman–Crippen LogP) is 1.64. The van der Waals surface area contributed by atoms with Crippen LogP contribution in [0.2, 0.25) is 0 Å². The quantitative estimate of drug-likeness (QED) is 0.825. The molecule has 3 N–H and O–H groups in total. The molecule has 2 aliphatic heterocycles. The van der Waals surface area contributed by atoms with E-state index in [0.29, 0.717) is 24.7 Å². The van der Waals surface area contributed by atoms with Gasteiger partial charge in [0.25, 0.3) is 0 Å². The van der Waals surface area contributed by atoms with Gasteiger partial charge in [0.05, 0.1) is 5.41 Å². The predicted molar refractivity (Wildman–Crippen MR) is 80.3 cm³/mol. The van der Waals surface area contributed by atoms with Gasteiger partial charge in [0, 0.05) is 24.7 Å². The molecule has 0 spiro atoms. The zero-order valence-electron chi connectivity index (χ0n) is 12.7. The highest BCUT2D eigenvalue weighted by Crippen LogP contribution is 2.38. The second-order valence-electron chi connectivity index (χ2n) is 7.24. The fourth-order valence-corrected chi connectivity index (χ4v) is 4.65. The molecule has 3 aliphatic rings. The first-order valence-corrected chi connectivity index (χ1v) is 8.37. The molecule has 4 nitrogen and oxygen atoms in total. The lowest BCUT2D eigenvalue weighted by atomic mass is 9.80. The standard InChI is InChI=1S/C16H29N3O/c1-19-13-5-4-6-14(19)10-12(9-13)18-15(20)16(11-17)7-2-3-8-16/h12-14H,2-11,17H2,1H3,(H,18,20). The molecule has 3 rings (SSSR count). The van der Waals surface area contributed by atoms with Crippen LogP contribution in [0.1, 0.15) is 57.8 Å². The van der Waals surface area contributed by atoms with Gasteiger partial charge in [-0.1, -0.05) is 19.3 Å². The number of hydrogen-bond donors (Lipinski definition) is 2. The van der Waals surface area contributed by atoms with E-state index >= 15 is 0 Å². The summed E-state index contributed by atoms with van der Waals surface area (Å²) in [5, 5.41) is 3.36. The Kier molecular flexibility index (Phi) is 4.04. The molecule has 0 radical (unpaired) electrons. The van der Waals surface area contributed by atoms with E-state index in [0.717, 1.165) is 38.5 Å². The van der Waals surface area contributed by atoms with Gasteiger partial charge in [-0.15, -0.1) is 0 Å². The van der Waals surface area contributed by atoms with Crippen LogP contribution in [0.5, 0.6) is 0 Å². The molecule has 2 saturated heterocycles. The summed E-state index contributed by atoms with van der Waals surface area (Å²) < 4.78 is 0. The second kappa shape index (κ2) is 5.64. The van der Waals surface area contributed by atoms with Crippen molar-refractivity contribution in [1.82, 2.24) is 10.2 Å². The summed E-state index contributed by atoms with van der Waals surface area (Å²) in [6, 6.07) is 1.72. The molecule has 2 unspecified atom stereocenters. The number of nitrogens with two attached hydrogens (primary N) is 1. The average molecular weight is 279 g/mol. The molecule has 3 fully saturated rings. The number of carbonyl (C=O) groups excluding carboxylic acids is 1. The van der Waals surface area contributed by atoms with Crippen LogP contribution in [0.4, 0.5) is 0 Å². The fraction of sp³-hybridized carbons (Fsp3) is 0.938. The number of piperidine rings is 2. The van der Waals surface area contributed by atoms with Crippen molar-refractivity contribution < 1.29 is 4.79 Å². The van der Waals surface area contributed by atoms with Gasteiger partial charge in [0.15, 0.2) is 0 Å². The van der Waals surface area contributed by atoms with Gasteiger partial charge < -0.3 is 16.0 Å². The van der Waals surface area contributed by atoms with Gasteiger partial charge in [0.2, 0.25) is 5.91 Å². The Morgan fingerprint density at radius 3 is 2.35 bits per heavy atom. The van der Waals surface area contributed by atoms with Crippen LogP contribution < -0.4 is 11.1 Å². The van der Waals surface area contributed by atoms with E-state index in [2.05, 4.69) is 17.3 Å². The van der Waals surface area contributed by atoms with Crippen LogP contribution in [0.15, 0.2) is 0 Å². The van der Waals surface area contributed by atoms with Gasteiger partial charge in [-0.05, 0) is 45.6 Å². The van der Waals surface area contributed by atoms with Crippen molar-refractivity contribution in [2.24, 2.45) is 11.1 Å². The molecule has 2 bridgehead atoms. The third-order valence-electron chi connectivity index (χ3n) is 6.11. The van der Waals surface area contributed by atoms with Gasteiger partial charge in [-0.25, -0.2) is 0 Å². The monoisotopic (exact) mass is 279 g/mol. The Balaban J connectivity index is 1.62. The lowest BCUT2D eigenvalue weighted by Gasteiger charge is -2.47. The van der Waals surface area contributed by atoms with Crippen LogP contribution in [-0.4, -0.2) is 42.5 Å². The lowest BCUT2D eigenvalue weighted by molar-refractivity contribution is -0.131. The molecule has 114 valence electrons. The highest BCUT2D eigenvalue weighted by Gasteiger charge is 2.42. The van der Waals surface area contributed by atoms with Crippen LogP contribution in [0.25, 0.3) is 0 Å². The third-order valence-corrected chi connectivity index (χ3v) is 6.11. The molecule has 2 heterocycles. The summed E-state index contributed by atoms with van der Waals surface area (Å²) in [7, 11) is 2.25. The Bertz CT molecular complexity index is 351. The van der Waals surface area contributed by atoms with E-state index in [4.69, 9.17) is 5.73 Å². The van der Waals surface area contributed by atoms with Crippen LogP contribution in [0, 0.1) is 5.41 Å². The van der Waals surface area contributed by atoms with Crippen molar-refractivity contribution in [3.8, 4) is 0 Å². The normalized spacial score (nSPS) is 36.8. The number of fused-ring (bicyclic) bond motifs is 2. The van der Waals surface area contributed by atoms with Gasteiger partial charge in [-0.2, -0.15) is 0 Å². The summed E-state index contributed by atoms with van der Waals surface area (Å²) in [5.41, 5.74) is 5.67. The van der Waals surface area contributed by atoms with Gasteiger partial charge in [0.1, 0.15) is 0 Å². The molecular formula is C16H29N3O. The third kappa shape index (κ3) is 2.48. The number of hydrogen-bond acceptors (Lipinski definition) is 3. The van der Waals surface area contributed by atoms with E-state index < -0.39 is 0 Å². The maximum atomic E-state index is 12.7. The minimum Gasteiger partial charge on any atom is -0.353 e. The highest BCUT2D eigenvalue weighted by atomic mass is 16.2. The molecule has 1 amide bonds. The SMILES string of the molecule is CN1C2CCCC1CC(NC(=O)C1(CN)CCCC1)C2.